The van der Waals surface area contributed by atoms with E-state index < -0.39 is 12.3 Å². The second kappa shape index (κ2) is 16.4. The van der Waals surface area contributed by atoms with Gasteiger partial charge in [-0.15, -0.1) is 0 Å². The summed E-state index contributed by atoms with van der Waals surface area (Å²) in [6.07, 6.45) is 4.46. The smallest absolute Gasteiger partial charge is 0.282 e. The van der Waals surface area contributed by atoms with Gasteiger partial charge in [-0.3, -0.25) is 34.3 Å². The maximum absolute atomic E-state index is 13.6. The molecule has 0 bridgehead atoms. The zero-order valence-corrected chi connectivity index (χ0v) is 33.8. The first-order chi connectivity index (χ1) is 27.0. The molecule has 4 fully saturated rings. The summed E-state index contributed by atoms with van der Waals surface area (Å²) in [5.41, 5.74) is 5.49. The number of hydrogen-bond acceptors (Lipinski definition) is 11. The summed E-state index contributed by atoms with van der Waals surface area (Å²) in [7, 11) is 3.75. The van der Waals surface area contributed by atoms with Gasteiger partial charge < -0.3 is 25.1 Å². The summed E-state index contributed by atoms with van der Waals surface area (Å²) in [6, 6.07) is 14.0. The Morgan fingerprint density at radius 2 is 1.71 bits per heavy atom. The highest BCUT2D eigenvalue weighted by Crippen LogP contribution is 2.37. The maximum atomic E-state index is 13.6. The van der Waals surface area contributed by atoms with Gasteiger partial charge in [0.05, 0.1) is 17.9 Å². The van der Waals surface area contributed by atoms with Crippen LogP contribution in [0.2, 0.25) is 0 Å². The molecule has 3 amide bonds. The van der Waals surface area contributed by atoms with Crippen LogP contribution in [-0.2, 0) is 23.2 Å². The number of halogens is 1. The Hall–Kier alpha value is -4.15. The number of likely N-dealkylation sites (tertiary alicyclic amines) is 2. The number of nitrogens with zero attached hydrogens (tertiary/aromatic N) is 7. The van der Waals surface area contributed by atoms with Gasteiger partial charge in [-0.2, -0.15) is 5.10 Å². The van der Waals surface area contributed by atoms with E-state index in [9.17, 15) is 24.3 Å². The molecule has 3 aromatic rings. The molecule has 0 radical (unpaired) electrons. The molecule has 1 aromatic heterocycles. The first-order valence-corrected chi connectivity index (χ1v) is 20.7. The fraction of sp³-hybridized carbons (Fsp3) is 0.537. The number of anilines is 2. The number of aliphatic hydroxyl groups excluding tert-OH is 1. The molecule has 15 heteroatoms. The molecule has 0 saturated carbocycles. The molecule has 56 heavy (non-hydrogen) atoms. The van der Waals surface area contributed by atoms with Crippen molar-refractivity contribution in [2.45, 2.75) is 62.9 Å². The average Bonchev–Trinajstić information content (AvgIpc) is 3.53. The third-order valence-electron chi connectivity index (χ3n) is 12.5. The fourth-order valence-electron chi connectivity index (χ4n) is 9.37. The van der Waals surface area contributed by atoms with E-state index in [4.69, 9.17) is 0 Å². The molecule has 2 unspecified atom stereocenters. The van der Waals surface area contributed by atoms with Crippen LogP contribution in [0.15, 0.2) is 57.9 Å². The summed E-state index contributed by atoms with van der Waals surface area (Å²) >= 11 is 3.43. The van der Waals surface area contributed by atoms with Gasteiger partial charge in [0.25, 0.3) is 11.5 Å². The van der Waals surface area contributed by atoms with Crippen LogP contribution in [0.4, 0.5) is 11.4 Å². The van der Waals surface area contributed by atoms with E-state index in [0.717, 1.165) is 101 Å². The van der Waals surface area contributed by atoms with E-state index in [2.05, 4.69) is 77.7 Å². The minimum Gasteiger partial charge on any atom is -0.379 e. The van der Waals surface area contributed by atoms with Gasteiger partial charge >= 0.3 is 0 Å². The van der Waals surface area contributed by atoms with Gasteiger partial charge in [-0.25, -0.2) is 4.68 Å². The Kier molecular flexibility index (Phi) is 11.3. The Morgan fingerprint density at radius 1 is 0.964 bits per heavy atom. The number of nitrogens with one attached hydrogen (secondary N) is 2. The highest BCUT2D eigenvalue weighted by Gasteiger charge is 2.40. The minimum absolute atomic E-state index is 0.106. The molecule has 298 valence electrons. The number of hydrogen-bond donors (Lipinski definition) is 3. The van der Waals surface area contributed by atoms with Gasteiger partial charge in [0, 0.05) is 102 Å². The molecule has 4 atom stereocenters. The van der Waals surface area contributed by atoms with Crippen molar-refractivity contribution in [2.24, 2.45) is 13.0 Å². The molecule has 4 saturated heterocycles. The van der Waals surface area contributed by atoms with Gasteiger partial charge in [-0.05, 0) is 95.9 Å². The number of imide groups is 1. The number of benzene rings is 2. The third kappa shape index (κ3) is 8.15. The van der Waals surface area contributed by atoms with Crippen LogP contribution in [0.1, 0.15) is 71.3 Å². The Labute approximate surface area is 335 Å². The molecule has 0 spiro atoms. The second-order valence-electron chi connectivity index (χ2n) is 16.3. The molecule has 6 heterocycles. The van der Waals surface area contributed by atoms with E-state index in [0.29, 0.717) is 35.0 Å². The topological polar surface area (TPSA) is 147 Å². The number of aryl methyl sites for hydroxylation is 1. The number of likely N-dealkylation sites (N-methyl/N-ethyl adjacent to an activating group) is 1. The first kappa shape index (κ1) is 38.7. The number of aromatic nitrogens is 2. The van der Waals surface area contributed by atoms with Gasteiger partial charge in [0.15, 0.2) is 0 Å². The lowest BCUT2D eigenvalue weighted by Crippen LogP contribution is -2.51. The fourth-order valence-corrected chi connectivity index (χ4v) is 9.84. The van der Waals surface area contributed by atoms with E-state index >= 15 is 0 Å². The molecular formula is C41H52BrN9O5. The zero-order valence-electron chi connectivity index (χ0n) is 32.2. The molecule has 3 N–H and O–H groups in total. The van der Waals surface area contributed by atoms with Crippen LogP contribution in [-0.4, -0.2) is 130 Å². The number of piperidine rings is 3. The quantitative estimate of drug-likeness (QED) is 0.289. The van der Waals surface area contributed by atoms with Crippen molar-refractivity contribution in [1.29, 1.82) is 0 Å². The normalized spacial score (nSPS) is 25.6. The summed E-state index contributed by atoms with van der Waals surface area (Å²) in [4.78, 5) is 61.1. The standard InChI is InChI=1S/C41H52BrN9O5/c1-46-23-29(19-31(25-46)44-34-21-43-47(2)41(56)37(34)42)27-3-5-28(6-4-27)39(54)50-13-11-26(12-14-50)22-48-15-17-49(18-16-48)32-7-8-33-30(20-32)24-51(40(33)55)35-9-10-36(52)45-38(35)53/h3-8,20-21,26,29,31,35,40,44,55H,9-19,22-25H2,1-2H3,(H,45,52,53)/t29-,31+,35?,40?/m1/s1. The van der Waals surface area contributed by atoms with Crippen molar-refractivity contribution in [1.82, 2.24) is 34.7 Å². The van der Waals surface area contributed by atoms with E-state index in [1.54, 1.807) is 18.1 Å². The maximum Gasteiger partial charge on any atom is 0.282 e. The number of carbonyl (C=O) groups excluding carboxylic acids is 3. The first-order valence-electron chi connectivity index (χ1n) is 19.9. The Bertz CT molecular complexity index is 2010. The summed E-state index contributed by atoms with van der Waals surface area (Å²) in [6.45, 7) is 8.65. The van der Waals surface area contributed by atoms with Crippen LogP contribution in [0.25, 0.3) is 0 Å². The zero-order chi connectivity index (χ0) is 39.1. The molecule has 14 nitrogen and oxygen atoms in total. The predicted octanol–water partition coefficient (Wildman–Crippen LogP) is 2.73. The Balaban J connectivity index is 0.786. The number of piperazine rings is 1. The summed E-state index contributed by atoms with van der Waals surface area (Å²) < 4.78 is 1.80. The van der Waals surface area contributed by atoms with Crippen molar-refractivity contribution in [3.63, 3.8) is 0 Å². The number of amides is 3. The van der Waals surface area contributed by atoms with Crippen molar-refractivity contribution in [2.75, 3.05) is 76.2 Å². The molecule has 5 aliphatic heterocycles. The molecule has 5 aliphatic rings. The van der Waals surface area contributed by atoms with Crippen LogP contribution in [0.3, 0.4) is 0 Å². The van der Waals surface area contributed by atoms with E-state index in [1.807, 2.05) is 23.1 Å². The van der Waals surface area contributed by atoms with E-state index in [1.165, 1.54) is 10.2 Å². The Morgan fingerprint density at radius 3 is 2.45 bits per heavy atom. The van der Waals surface area contributed by atoms with Crippen LogP contribution < -0.4 is 21.1 Å². The minimum atomic E-state index is -0.851. The molecule has 0 aliphatic carbocycles. The number of fused-ring (bicyclic) bond motifs is 1. The SMILES string of the molecule is CN1C[C@@H](Nc2cnn(C)c(=O)c2Br)C[C@@H](c2ccc(C(=O)N3CCC(CN4CCN(c5ccc6c(c5)CN(C5CCC(=O)NC5=O)C6O)CC4)CC3)cc2)C1. The number of aliphatic hydroxyl groups is 1. The van der Waals surface area contributed by atoms with Crippen LogP contribution >= 0.6 is 15.9 Å². The predicted molar refractivity (Wildman–Crippen MR) is 216 cm³/mol. The highest BCUT2D eigenvalue weighted by molar-refractivity contribution is 9.10. The van der Waals surface area contributed by atoms with Gasteiger partial charge in [-0.1, -0.05) is 18.2 Å². The largest absolute Gasteiger partial charge is 0.379 e. The summed E-state index contributed by atoms with van der Waals surface area (Å²) in [5, 5.41) is 21.1. The average molecular weight is 831 g/mol. The van der Waals surface area contributed by atoms with Gasteiger partial charge in [0.1, 0.15) is 10.7 Å². The summed E-state index contributed by atoms with van der Waals surface area (Å²) in [5.74, 6) is 0.387. The van der Waals surface area contributed by atoms with Crippen molar-refractivity contribution < 1.29 is 19.5 Å². The van der Waals surface area contributed by atoms with Crippen LogP contribution in [0, 0.1) is 5.92 Å². The van der Waals surface area contributed by atoms with Gasteiger partial charge in [0.2, 0.25) is 11.8 Å². The number of carbonyl (C=O) groups is 3. The molecule has 2 aromatic carbocycles. The molecule has 8 rings (SSSR count). The molecular weight excluding hydrogens is 778 g/mol. The lowest BCUT2D eigenvalue weighted by molar-refractivity contribution is -0.141. The van der Waals surface area contributed by atoms with Crippen molar-refractivity contribution >= 4 is 45.0 Å². The third-order valence-corrected chi connectivity index (χ3v) is 13.3. The van der Waals surface area contributed by atoms with E-state index in [-0.39, 0.29) is 35.7 Å². The van der Waals surface area contributed by atoms with Crippen LogP contribution in [0.5, 0.6) is 0 Å². The second-order valence-corrected chi connectivity index (χ2v) is 17.1. The van der Waals surface area contributed by atoms with Crippen molar-refractivity contribution in [3.05, 3.63) is 85.7 Å². The van der Waals surface area contributed by atoms with Crippen molar-refractivity contribution in [3.8, 4) is 0 Å². The number of rotatable bonds is 8. The highest BCUT2D eigenvalue weighted by atomic mass is 79.9. The lowest BCUT2D eigenvalue weighted by atomic mass is 9.87. The monoisotopic (exact) mass is 829 g/mol. The lowest BCUT2D eigenvalue weighted by Gasteiger charge is -2.39.